The smallest absolute Gasteiger partial charge is 0.307 e. The fraction of sp³-hybridized carbons (Fsp3) is 0.333. The predicted octanol–water partition coefficient (Wildman–Crippen LogP) is 3.47. The number of benzene rings is 1. The summed E-state index contributed by atoms with van der Waals surface area (Å²) in [5, 5.41) is 6.02. The van der Waals surface area contributed by atoms with Crippen LogP contribution in [-0.4, -0.2) is 12.2 Å². The van der Waals surface area contributed by atoms with Crippen LogP contribution in [0, 0.1) is 5.92 Å². The molecule has 4 nitrogen and oxygen atoms in total. The van der Waals surface area contributed by atoms with Gasteiger partial charge in [-0.25, -0.2) is 10.2 Å². The quantitative estimate of drug-likeness (QED) is 0.643. The van der Waals surface area contributed by atoms with E-state index >= 15 is 0 Å². The molecule has 1 rings (SSSR count). The molecule has 0 heterocycles. The van der Waals surface area contributed by atoms with Crippen LogP contribution in [0.5, 0.6) is 0 Å². The molecule has 0 saturated heterocycles. The summed E-state index contributed by atoms with van der Waals surface area (Å²) >= 11 is 0. The summed E-state index contributed by atoms with van der Waals surface area (Å²) in [6, 6.07) is 3.53. The summed E-state index contributed by atoms with van der Waals surface area (Å²) < 4.78 is 36.9. The highest BCUT2D eigenvalue weighted by Crippen LogP contribution is 2.29. The molecule has 104 valence electrons. The standard InChI is InChI=1S/C12H14F3N3O/c1-8(2)7-16-18-11(19)17-10-5-3-9(4-6-10)12(13,14)15/h3-8H,1-2H3,(H2,17,18,19)/b16-7+. The summed E-state index contributed by atoms with van der Waals surface area (Å²) in [7, 11) is 0. The van der Waals surface area contributed by atoms with Crippen molar-refractivity contribution < 1.29 is 18.0 Å². The molecule has 7 heteroatoms. The van der Waals surface area contributed by atoms with Crippen molar-refractivity contribution in [1.29, 1.82) is 0 Å². The fourth-order valence-corrected chi connectivity index (χ4v) is 1.15. The maximum absolute atomic E-state index is 12.3. The molecule has 0 unspecified atom stereocenters. The Morgan fingerprint density at radius 3 is 2.32 bits per heavy atom. The van der Waals surface area contributed by atoms with Crippen molar-refractivity contribution in [2.75, 3.05) is 5.32 Å². The van der Waals surface area contributed by atoms with Crippen LogP contribution in [-0.2, 0) is 6.18 Å². The van der Waals surface area contributed by atoms with Gasteiger partial charge >= 0.3 is 12.2 Å². The number of anilines is 1. The second kappa shape index (κ2) is 6.21. The molecule has 1 aromatic rings. The van der Waals surface area contributed by atoms with E-state index in [-0.39, 0.29) is 11.6 Å². The highest BCUT2D eigenvalue weighted by Gasteiger charge is 2.29. The number of hydrogen-bond acceptors (Lipinski definition) is 2. The van der Waals surface area contributed by atoms with Crippen LogP contribution in [0.1, 0.15) is 19.4 Å². The minimum absolute atomic E-state index is 0.186. The Morgan fingerprint density at radius 1 is 1.26 bits per heavy atom. The molecule has 0 aromatic heterocycles. The van der Waals surface area contributed by atoms with Crippen molar-refractivity contribution >= 4 is 17.9 Å². The monoisotopic (exact) mass is 273 g/mol. The van der Waals surface area contributed by atoms with E-state index in [9.17, 15) is 18.0 Å². The Hall–Kier alpha value is -2.05. The Kier molecular flexibility index (Phi) is 4.91. The maximum atomic E-state index is 12.3. The molecular formula is C12H14F3N3O. The number of alkyl halides is 3. The van der Waals surface area contributed by atoms with E-state index < -0.39 is 17.8 Å². The lowest BCUT2D eigenvalue weighted by atomic mass is 10.2. The zero-order valence-electron chi connectivity index (χ0n) is 10.5. The first kappa shape index (κ1) is 15.0. The highest BCUT2D eigenvalue weighted by molar-refractivity contribution is 5.89. The lowest BCUT2D eigenvalue weighted by Crippen LogP contribution is -2.24. The van der Waals surface area contributed by atoms with E-state index in [1.54, 1.807) is 0 Å². The number of hydrazone groups is 1. The molecule has 0 aliphatic heterocycles. The van der Waals surface area contributed by atoms with Gasteiger partial charge in [-0.15, -0.1) is 0 Å². The Labute approximate surface area is 108 Å². The van der Waals surface area contributed by atoms with E-state index in [4.69, 9.17) is 0 Å². The third-order valence-corrected chi connectivity index (χ3v) is 2.01. The van der Waals surface area contributed by atoms with Crippen LogP contribution in [0.3, 0.4) is 0 Å². The Balaban J connectivity index is 2.56. The van der Waals surface area contributed by atoms with Crippen molar-refractivity contribution in [1.82, 2.24) is 5.43 Å². The second-order valence-electron chi connectivity index (χ2n) is 4.16. The van der Waals surface area contributed by atoms with E-state index in [1.807, 2.05) is 13.8 Å². The molecule has 2 amide bonds. The molecule has 0 saturated carbocycles. The van der Waals surface area contributed by atoms with Crippen molar-refractivity contribution in [3.05, 3.63) is 29.8 Å². The highest BCUT2D eigenvalue weighted by atomic mass is 19.4. The van der Waals surface area contributed by atoms with Crippen molar-refractivity contribution in [3.63, 3.8) is 0 Å². The minimum atomic E-state index is -4.39. The Bertz CT molecular complexity index is 452. The topological polar surface area (TPSA) is 53.5 Å². The lowest BCUT2D eigenvalue weighted by Gasteiger charge is -2.08. The SMILES string of the molecule is CC(C)/C=N/NC(=O)Nc1ccc(C(F)(F)F)cc1. The summed E-state index contributed by atoms with van der Waals surface area (Å²) in [6.07, 6.45) is -2.85. The van der Waals surface area contributed by atoms with Crippen LogP contribution in [0.2, 0.25) is 0 Å². The van der Waals surface area contributed by atoms with Gasteiger partial charge in [0.15, 0.2) is 0 Å². The predicted molar refractivity (Wildman–Crippen MR) is 66.9 cm³/mol. The molecule has 0 aliphatic carbocycles. The number of amides is 2. The third kappa shape index (κ3) is 5.41. The number of rotatable bonds is 3. The van der Waals surface area contributed by atoms with Crippen LogP contribution in [0.15, 0.2) is 29.4 Å². The largest absolute Gasteiger partial charge is 0.416 e. The van der Waals surface area contributed by atoms with Gasteiger partial charge in [0.1, 0.15) is 0 Å². The second-order valence-corrected chi connectivity index (χ2v) is 4.16. The first-order valence-electron chi connectivity index (χ1n) is 5.56. The van der Waals surface area contributed by atoms with Gasteiger partial charge in [0.05, 0.1) is 5.56 Å². The fourth-order valence-electron chi connectivity index (χ4n) is 1.15. The van der Waals surface area contributed by atoms with Gasteiger partial charge in [0.2, 0.25) is 0 Å². The van der Waals surface area contributed by atoms with Crippen LogP contribution >= 0.6 is 0 Å². The lowest BCUT2D eigenvalue weighted by molar-refractivity contribution is -0.137. The van der Waals surface area contributed by atoms with Gasteiger partial charge in [-0.2, -0.15) is 18.3 Å². The van der Waals surface area contributed by atoms with Gasteiger partial charge in [0.25, 0.3) is 0 Å². The summed E-state index contributed by atoms with van der Waals surface area (Å²) in [4.78, 5) is 11.3. The van der Waals surface area contributed by atoms with Crippen LogP contribution < -0.4 is 10.7 Å². The first-order chi connectivity index (χ1) is 8.79. The number of urea groups is 1. The zero-order chi connectivity index (χ0) is 14.5. The molecule has 0 fully saturated rings. The van der Waals surface area contributed by atoms with Crippen LogP contribution in [0.4, 0.5) is 23.7 Å². The summed E-state index contributed by atoms with van der Waals surface area (Å²) in [5.74, 6) is 0.186. The first-order valence-corrected chi connectivity index (χ1v) is 5.56. The number of nitrogens with one attached hydrogen (secondary N) is 2. The van der Waals surface area contributed by atoms with Crippen molar-refractivity contribution in [3.8, 4) is 0 Å². The number of nitrogens with zero attached hydrogens (tertiary/aromatic N) is 1. The molecule has 0 aliphatic rings. The van der Waals surface area contributed by atoms with Gasteiger partial charge in [-0.1, -0.05) is 13.8 Å². The van der Waals surface area contributed by atoms with Crippen molar-refractivity contribution in [2.24, 2.45) is 11.0 Å². The summed E-state index contributed by atoms with van der Waals surface area (Å²) in [6.45, 7) is 3.78. The number of carbonyl (C=O) groups excluding carboxylic acids is 1. The molecule has 0 bridgehead atoms. The van der Waals surface area contributed by atoms with Gasteiger partial charge in [-0.3, -0.25) is 0 Å². The van der Waals surface area contributed by atoms with E-state index in [2.05, 4.69) is 15.8 Å². The van der Waals surface area contributed by atoms with Gasteiger partial charge < -0.3 is 5.32 Å². The van der Waals surface area contributed by atoms with Crippen LogP contribution in [0.25, 0.3) is 0 Å². The molecule has 1 aromatic carbocycles. The number of hydrogen-bond donors (Lipinski definition) is 2. The Morgan fingerprint density at radius 2 is 1.84 bits per heavy atom. The molecule has 2 N–H and O–H groups in total. The normalized spacial score (nSPS) is 11.9. The average Bonchev–Trinajstić information content (AvgIpc) is 2.27. The van der Waals surface area contributed by atoms with E-state index in [0.717, 1.165) is 12.1 Å². The van der Waals surface area contributed by atoms with E-state index in [0.29, 0.717) is 0 Å². The van der Waals surface area contributed by atoms with Crippen molar-refractivity contribution in [2.45, 2.75) is 20.0 Å². The third-order valence-electron chi connectivity index (χ3n) is 2.01. The minimum Gasteiger partial charge on any atom is -0.307 e. The molecule has 0 atom stereocenters. The van der Waals surface area contributed by atoms with E-state index in [1.165, 1.54) is 18.3 Å². The molecule has 0 radical (unpaired) electrons. The maximum Gasteiger partial charge on any atom is 0.416 e. The van der Waals surface area contributed by atoms with Gasteiger partial charge in [0, 0.05) is 11.9 Å². The summed E-state index contributed by atoms with van der Waals surface area (Å²) in [5.41, 5.74) is 1.69. The average molecular weight is 273 g/mol. The van der Waals surface area contributed by atoms with Gasteiger partial charge in [-0.05, 0) is 30.2 Å². The molecule has 19 heavy (non-hydrogen) atoms. The number of carbonyl (C=O) groups is 1. The molecule has 0 spiro atoms. The number of halogens is 3. The zero-order valence-corrected chi connectivity index (χ0v) is 10.5. The molecular weight excluding hydrogens is 259 g/mol.